The molecule has 4 nitrogen and oxygen atoms in total. The van der Waals surface area contributed by atoms with Crippen LogP contribution in [0, 0.1) is 11.3 Å². The molecule has 0 aliphatic carbocycles. The number of nitrogens with one attached hydrogen (secondary N) is 1. The first kappa shape index (κ1) is 17.6. The van der Waals surface area contributed by atoms with E-state index in [0.717, 1.165) is 44.0 Å². The molecule has 1 unspecified atom stereocenters. The van der Waals surface area contributed by atoms with Gasteiger partial charge in [-0.05, 0) is 36.7 Å². The van der Waals surface area contributed by atoms with Crippen molar-refractivity contribution in [2.24, 2.45) is 11.3 Å². The van der Waals surface area contributed by atoms with Crippen molar-refractivity contribution in [3.63, 3.8) is 0 Å². The van der Waals surface area contributed by atoms with Gasteiger partial charge in [-0.15, -0.1) is 0 Å². The van der Waals surface area contributed by atoms with Crippen LogP contribution in [0.5, 0.6) is 0 Å². The predicted molar refractivity (Wildman–Crippen MR) is 86.2 cm³/mol. The van der Waals surface area contributed by atoms with Gasteiger partial charge in [0.2, 0.25) is 0 Å². The highest BCUT2D eigenvalue weighted by Gasteiger charge is 2.32. The van der Waals surface area contributed by atoms with Crippen LogP contribution in [0.25, 0.3) is 0 Å². The molecule has 118 valence electrons. The average Bonchev–Trinajstić information content (AvgIpc) is 2.42. The Morgan fingerprint density at radius 2 is 2.25 bits per heavy atom. The minimum absolute atomic E-state index is 0.0261. The molecule has 1 fully saturated rings. The number of carbonyl (C=O) groups excluding carboxylic acids is 1. The zero-order valence-corrected chi connectivity index (χ0v) is 14.0. The number of hydrogen-bond acceptors (Lipinski definition) is 3. The molecular weight excluding hydrogens is 272 g/mol. The Bertz CT molecular complexity index is 300. The van der Waals surface area contributed by atoms with E-state index in [4.69, 9.17) is 0 Å². The Morgan fingerprint density at radius 3 is 2.90 bits per heavy atom. The van der Waals surface area contributed by atoms with Crippen molar-refractivity contribution >= 4 is 17.8 Å². The number of amides is 2. The van der Waals surface area contributed by atoms with Crippen LogP contribution in [0.1, 0.15) is 40.0 Å². The first-order chi connectivity index (χ1) is 9.47. The van der Waals surface area contributed by atoms with Gasteiger partial charge >= 0.3 is 6.03 Å². The molecular formula is C15H30N2O2S. The van der Waals surface area contributed by atoms with Gasteiger partial charge in [0.25, 0.3) is 0 Å². The number of rotatable bonds is 7. The first-order valence-corrected chi connectivity index (χ1v) is 8.84. The van der Waals surface area contributed by atoms with Crippen molar-refractivity contribution in [2.75, 3.05) is 37.7 Å². The quantitative estimate of drug-likeness (QED) is 0.711. The van der Waals surface area contributed by atoms with Crippen LogP contribution in [0.4, 0.5) is 4.79 Å². The zero-order valence-electron chi connectivity index (χ0n) is 13.2. The van der Waals surface area contributed by atoms with Crippen molar-refractivity contribution < 1.29 is 9.90 Å². The lowest BCUT2D eigenvalue weighted by Crippen LogP contribution is -2.50. The maximum atomic E-state index is 12.1. The molecule has 5 heteroatoms. The maximum absolute atomic E-state index is 12.1. The lowest BCUT2D eigenvalue weighted by Gasteiger charge is -2.39. The molecule has 20 heavy (non-hydrogen) atoms. The molecule has 2 N–H and O–H groups in total. The van der Waals surface area contributed by atoms with E-state index in [-0.39, 0.29) is 18.1 Å². The summed E-state index contributed by atoms with van der Waals surface area (Å²) < 4.78 is 0. The maximum Gasteiger partial charge on any atom is 0.317 e. The van der Waals surface area contributed by atoms with Gasteiger partial charge in [-0.1, -0.05) is 20.8 Å². The van der Waals surface area contributed by atoms with Gasteiger partial charge < -0.3 is 15.3 Å². The van der Waals surface area contributed by atoms with E-state index in [1.54, 1.807) is 0 Å². The monoisotopic (exact) mass is 302 g/mol. The Kier molecular flexibility index (Phi) is 7.74. The third kappa shape index (κ3) is 6.35. The van der Waals surface area contributed by atoms with E-state index in [1.807, 2.05) is 16.7 Å². The van der Waals surface area contributed by atoms with Gasteiger partial charge in [0.05, 0.1) is 6.61 Å². The van der Waals surface area contributed by atoms with Gasteiger partial charge in [-0.3, -0.25) is 0 Å². The number of urea groups is 1. The van der Waals surface area contributed by atoms with Crippen molar-refractivity contribution in [1.82, 2.24) is 10.2 Å². The summed E-state index contributed by atoms with van der Waals surface area (Å²) in [7, 11) is 0. The summed E-state index contributed by atoms with van der Waals surface area (Å²) >= 11 is 1.95. The minimum Gasteiger partial charge on any atom is -0.396 e. The molecule has 1 rings (SSSR count). The Morgan fingerprint density at radius 1 is 1.50 bits per heavy atom. The van der Waals surface area contributed by atoms with Crippen LogP contribution in [0.2, 0.25) is 0 Å². The van der Waals surface area contributed by atoms with Crippen molar-refractivity contribution in [3.8, 4) is 0 Å². The van der Waals surface area contributed by atoms with Gasteiger partial charge in [-0.2, -0.15) is 11.8 Å². The number of nitrogens with zero attached hydrogens (tertiary/aromatic N) is 1. The molecule has 1 saturated heterocycles. The number of hydrogen-bond donors (Lipinski definition) is 2. The summed E-state index contributed by atoms with van der Waals surface area (Å²) in [5.41, 5.74) is -0.122. The van der Waals surface area contributed by atoms with Crippen LogP contribution in [0.3, 0.4) is 0 Å². The summed E-state index contributed by atoms with van der Waals surface area (Å²) in [6.07, 6.45) is 3.00. The molecule has 1 aliphatic rings. The molecule has 0 aromatic heterocycles. The standard InChI is InChI=1S/C15H30N2O2S/c1-13(2)10-20-9-5-7-16-14(19)17-8-4-6-15(3,11-17)12-18/h13,18H,4-12H2,1-3H3,(H,16,19). The number of likely N-dealkylation sites (tertiary alicyclic amines) is 1. The fourth-order valence-corrected chi connectivity index (χ4v) is 3.40. The van der Waals surface area contributed by atoms with Crippen LogP contribution in [0.15, 0.2) is 0 Å². The number of aliphatic hydroxyl groups is 1. The SMILES string of the molecule is CC(C)CSCCCNC(=O)N1CCCC(C)(CO)C1. The van der Waals surface area contributed by atoms with Crippen LogP contribution >= 0.6 is 11.8 Å². The Labute approximate surface area is 127 Å². The second-order valence-electron chi connectivity index (χ2n) is 6.55. The summed E-state index contributed by atoms with van der Waals surface area (Å²) in [5, 5.41) is 12.4. The normalized spacial score (nSPS) is 23.1. The molecule has 0 saturated carbocycles. The molecule has 0 bridgehead atoms. The van der Waals surface area contributed by atoms with E-state index in [0.29, 0.717) is 6.54 Å². The molecule has 0 aromatic carbocycles. The third-order valence-electron chi connectivity index (χ3n) is 3.64. The highest BCUT2D eigenvalue weighted by atomic mass is 32.2. The fourth-order valence-electron chi connectivity index (χ4n) is 2.42. The molecule has 0 aromatic rings. The minimum atomic E-state index is -0.122. The van der Waals surface area contributed by atoms with Crippen LogP contribution < -0.4 is 5.32 Å². The second-order valence-corrected chi connectivity index (χ2v) is 7.70. The van der Waals surface area contributed by atoms with E-state index in [2.05, 4.69) is 26.1 Å². The topological polar surface area (TPSA) is 52.6 Å². The summed E-state index contributed by atoms with van der Waals surface area (Å²) in [6, 6.07) is 0.0261. The molecule has 1 aliphatic heterocycles. The van der Waals surface area contributed by atoms with Crippen LogP contribution in [-0.4, -0.2) is 53.8 Å². The summed E-state index contributed by atoms with van der Waals surface area (Å²) in [4.78, 5) is 13.9. The van der Waals surface area contributed by atoms with Crippen LogP contribution in [-0.2, 0) is 0 Å². The number of carbonyl (C=O) groups is 1. The van der Waals surface area contributed by atoms with Gasteiger partial charge in [-0.25, -0.2) is 4.79 Å². The Balaban J connectivity index is 2.16. The van der Waals surface area contributed by atoms with Gasteiger partial charge in [0.15, 0.2) is 0 Å². The highest BCUT2D eigenvalue weighted by Crippen LogP contribution is 2.28. The van der Waals surface area contributed by atoms with E-state index >= 15 is 0 Å². The van der Waals surface area contributed by atoms with E-state index < -0.39 is 0 Å². The van der Waals surface area contributed by atoms with Crippen molar-refractivity contribution in [1.29, 1.82) is 0 Å². The van der Waals surface area contributed by atoms with Crippen molar-refractivity contribution in [3.05, 3.63) is 0 Å². The van der Waals surface area contributed by atoms with E-state index in [1.165, 1.54) is 5.75 Å². The second kappa shape index (κ2) is 8.78. The average molecular weight is 302 g/mol. The highest BCUT2D eigenvalue weighted by molar-refractivity contribution is 7.99. The van der Waals surface area contributed by atoms with Gasteiger partial charge in [0.1, 0.15) is 0 Å². The third-order valence-corrected chi connectivity index (χ3v) is 5.12. The predicted octanol–water partition coefficient (Wildman–Crippen LogP) is 2.57. The smallest absolute Gasteiger partial charge is 0.317 e. The number of piperidine rings is 1. The molecule has 1 atom stereocenters. The first-order valence-electron chi connectivity index (χ1n) is 7.68. The lowest BCUT2D eigenvalue weighted by molar-refractivity contribution is 0.0616. The summed E-state index contributed by atoms with van der Waals surface area (Å²) in [6.45, 7) is 8.88. The van der Waals surface area contributed by atoms with E-state index in [9.17, 15) is 9.90 Å². The molecule has 2 amide bonds. The molecule has 1 heterocycles. The fraction of sp³-hybridized carbons (Fsp3) is 0.933. The van der Waals surface area contributed by atoms with Gasteiger partial charge in [0, 0.05) is 25.0 Å². The van der Waals surface area contributed by atoms with Crippen molar-refractivity contribution in [2.45, 2.75) is 40.0 Å². The molecule has 0 radical (unpaired) electrons. The largest absolute Gasteiger partial charge is 0.396 e. The zero-order chi connectivity index (χ0) is 15.0. The lowest BCUT2D eigenvalue weighted by atomic mass is 9.83. The molecule has 0 spiro atoms. The number of aliphatic hydroxyl groups excluding tert-OH is 1. The summed E-state index contributed by atoms with van der Waals surface area (Å²) in [5.74, 6) is 3.03. The Hall–Kier alpha value is -0.420. The number of thioether (sulfide) groups is 1.